The summed E-state index contributed by atoms with van der Waals surface area (Å²) in [6, 6.07) is 14.8. The molecule has 0 saturated heterocycles. The number of carbonyl (C=O) groups excluding carboxylic acids is 1. The molecule has 6 heteroatoms. The second kappa shape index (κ2) is 8.13. The fourth-order valence-corrected chi connectivity index (χ4v) is 2.64. The van der Waals surface area contributed by atoms with Crippen LogP contribution in [0.25, 0.3) is 0 Å². The highest BCUT2D eigenvalue weighted by Crippen LogP contribution is 2.22. The van der Waals surface area contributed by atoms with E-state index in [1.165, 1.54) is 0 Å². The van der Waals surface area contributed by atoms with Gasteiger partial charge in [0.15, 0.2) is 5.11 Å². The Bertz CT molecular complexity index is 657. The molecule has 114 valence electrons. The number of anilines is 1. The van der Waals surface area contributed by atoms with E-state index < -0.39 is 0 Å². The average molecular weight is 353 g/mol. The van der Waals surface area contributed by atoms with Crippen molar-refractivity contribution in [2.45, 2.75) is 12.8 Å². The molecule has 0 spiro atoms. The third kappa shape index (κ3) is 5.64. The predicted octanol–water partition coefficient (Wildman–Crippen LogP) is 4.44. The number of hydrogen-bond acceptors (Lipinski definition) is 2. The minimum absolute atomic E-state index is 0.144. The van der Waals surface area contributed by atoms with Gasteiger partial charge in [0.1, 0.15) is 0 Å². The average Bonchev–Trinajstić information content (AvgIpc) is 2.45. The van der Waals surface area contributed by atoms with Gasteiger partial charge in [0.05, 0.1) is 0 Å². The van der Waals surface area contributed by atoms with Crippen LogP contribution in [-0.2, 0) is 11.2 Å². The summed E-state index contributed by atoms with van der Waals surface area (Å²) in [5.74, 6) is -0.144. The summed E-state index contributed by atoms with van der Waals surface area (Å²) in [5, 5.41) is 6.72. The summed E-state index contributed by atoms with van der Waals surface area (Å²) < 4.78 is 0. The summed E-state index contributed by atoms with van der Waals surface area (Å²) in [4.78, 5) is 11.9. The van der Waals surface area contributed by atoms with E-state index in [-0.39, 0.29) is 11.0 Å². The topological polar surface area (TPSA) is 41.1 Å². The van der Waals surface area contributed by atoms with E-state index in [9.17, 15) is 4.79 Å². The minimum atomic E-state index is -0.144. The van der Waals surface area contributed by atoms with Gasteiger partial charge in [0.25, 0.3) is 0 Å². The van der Waals surface area contributed by atoms with Gasteiger partial charge in [-0.05, 0) is 42.4 Å². The van der Waals surface area contributed by atoms with E-state index in [0.29, 0.717) is 28.6 Å². The standard InChI is InChI=1S/C16H14Cl2N2OS/c17-12-8-13(18)10-14(9-12)19-16(22)20-15(21)7-6-11-4-2-1-3-5-11/h1-5,8-10H,6-7H2,(H2,19,20,21,22). The first kappa shape index (κ1) is 16.7. The van der Waals surface area contributed by atoms with Crippen LogP contribution in [0.2, 0.25) is 10.0 Å². The molecule has 3 nitrogen and oxygen atoms in total. The molecule has 0 unspecified atom stereocenters. The first-order chi connectivity index (χ1) is 10.5. The van der Waals surface area contributed by atoms with Crippen molar-refractivity contribution in [3.63, 3.8) is 0 Å². The summed E-state index contributed by atoms with van der Waals surface area (Å²) in [5.41, 5.74) is 1.74. The highest BCUT2D eigenvalue weighted by atomic mass is 35.5. The maximum atomic E-state index is 11.9. The van der Waals surface area contributed by atoms with Gasteiger partial charge in [0, 0.05) is 22.2 Å². The molecule has 2 N–H and O–H groups in total. The smallest absolute Gasteiger partial charge is 0.226 e. The van der Waals surface area contributed by atoms with Crippen molar-refractivity contribution in [3.05, 3.63) is 64.1 Å². The molecule has 0 radical (unpaired) electrons. The fourth-order valence-electron chi connectivity index (χ4n) is 1.88. The monoisotopic (exact) mass is 352 g/mol. The molecule has 0 atom stereocenters. The van der Waals surface area contributed by atoms with Gasteiger partial charge in [0.2, 0.25) is 5.91 Å². The lowest BCUT2D eigenvalue weighted by molar-refractivity contribution is -0.119. The molecule has 0 aliphatic rings. The van der Waals surface area contributed by atoms with E-state index in [0.717, 1.165) is 5.56 Å². The molecule has 2 rings (SSSR count). The first-order valence-corrected chi connectivity index (χ1v) is 7.80. The van der Waals surface area contributed by atoms with Crippen molar-refractivity contribution >= 4 is 52.1 Å². The fraction of sp³-hybridized carbons (Fsp3) is 0.125. The number of aryl methyl sites for hydroxylation is 1. The zero-order valence-electron chi connectivity index (χ0n) is 11.6. The zero-order chi connectivity index (χ0) is 15.9. The summed E-state index contributed by atoms with van der Waals surface area (Å²) in [6.07, 6.45) is 1.03. The van der Waals surface area contributed by atoms with Crippen LogP contribution in [0.5, 0.6) is 0 Å². The lowest BCUT2D eigenvalue weighted by atomic mass is 10.1. The Morgan fingerprint density at radius 3 is 2.32 bits per heavy atom. The molecular formula is C16H14Cl2N2OS. The normalized spacial score (nSPS) is 10.1. The molecule has 0 saturated carbocycles. The van der Waals surface area contributed by atoms with Crippen LogP contribution < -0.4 is 10.6 Å². The third-order valence-electron chi connectivity index (χ3n) is 2.86. The summed E-state index contributed by atoms with van der Waals surface area (Å²) in [6.45, 7) is 0. The van der Waals surface area contributed by atoms with E-state index in [1.807, 2.05) is 30.3 Å². The van der Waals surface area contributed by atoms with Crippen LogP contribution in [0, 0.1) is 0 Å². The molecule has 22 heavy (non-hydrogen) atoms. The Labute approximate surface area is 144 Å². The van der Waals surface area contributed by atoms with Crippen LogP contribution in [0.4, 0.5) is 5.69 Å². The predicted molar refractivity (Wildman–Crippen MR) is 95.6 cm³/mol. The third-order valence-corrected chi connectivity index (χ3v) is 3.50. The number of carbonyl (C=O) groups is 1. The Hall–Kier alpha value is -1.62. The van der Waals surface area contributed by atoms with Gasteiger partial charge in [-0.3, -0.25) is 4.79 Å². The van der Waals surface area contributed by atoms with Crippen LogP contribution in [0.3, 0.4) is 0 Å². The number of thiocarbonyl (C=S) groups is 1. The Kier molecular flexibility index (Phi) is 6.19. The van der Waals surface area contributed by atoms with E-state index in [2.05, 4.69) is 10.6 Å². The molecular weight excluding hydrogens is 339 g/mol. The number of rotatable bonds is 4. The maximum Gasteiger partial charge on any atom is 0.226 e. The highest BCUT2D eigenvalue weighted by Gasteiger charge is 2.06. The SMILES string of the molecule is O=C(CCc1ccccc1)NC(=S)Nc1cc(Cl)cc(Cl)c1. The number of hydrogen-bond donors (Lipinski definition) is 2. The Morgan fingerprint density at radius 1 is 1.05 bits per heavy atom. The lowest BCUT2D eigenvalue weighted by Crippen LogP contribution is -2.34. The lowest BCUT2D eigenvalue weighted by Gasteiger charge is -2.10. The summed E-state index contributed by atoms with van der Waals surface area (Å²) in [7, 11) is 0. The van der Waals surface area contributed by atoms with Gasteiger partial charge in [-0.2, -0.15) is 0 Å². The molecule has 0 aliphatic heterocycles. The van der Waals surface area contributed by atoms with Gasteiger partial charge in [-0.1, -0.05) is 53.5 Å². The van der Waals surface area contributed by atoms with Crippen LogP contribution >= 0.6 is 35.4 Å². The summed E-state index contributed by atoms with van der Waals surface area (Å²) >= 11 is 16.9. The van der Waals surface area contributed by atoms with E-state index in [4.69, 9.17) is 35.4 Å². The second-order valence-electron chi connectivity index (χ2n) is 4.65. The van der Waals surface area contributed by atoms with Crippen molar-refractivity contribution in [3.8, 4) is 0 Å². The molecule has 1 amide bonds. The largest absolute Gasteiger partial charge is 0.332 e. The van der Waals surface area contributed by atoms with E-state index in [1.54, 1.807) is 18.2 Å². The van der Waals surface area contributed by atoms with Crippen molar-refractivity contribution in [2.24, 2.45) is 0 Å². The van der Waals surface area contributed by atoms with Crippen LogP contribution in [-0.4, -0.2) is 11.0 Å². The van der Waals surface area contributed by atoms with Crippen LogP contribution in [0.15, 0.2) is 48.5 Å². The number of halogens is 2. The Balaban J connectivity index is 1.82. The van der Waals surface area contributed by atoms with Gasteiger partial charge in [-0.15, -0.1) is 0 Å². The van der Waals surface area contributed by atoms with Crippen molar-refractivity contribution in [1.29, 1.82) is 0 Å². The molecule has 2 aromatic rings. The quantitative estimate of drug-likeness (QED) is 0.799. The molecule has 0 bridgehead atoms. The molecule has 0 aliphatic carbocycles. The molecule has 2 aromatic carbocycles. The molecule has 0 aromatic heterocycles. The second-order valence-corrected chi connectivity index (χ2v) is 5.93. The van der Waals surface area contributed by atoms with E-state index >= 15 is 0 Å². The minimum Gasteiger partial charge on any atom is -0.332 e. The van der Waals surface area contributed by atoms with Crippen molar-refractivity contribution in [2.75, 3.05) is 5.32 Å². The maximum absolute atomic E-state index is 11.9. The molecule has 0 fully saturated rings. The number of amides is 1. The van der Waals surface area contributed by atoms with Crippen molar-refractivity contribution in [1.82, 2.24) is 5.32 Å². The Morgan fingerprint density at radius 2 is 1.68 bits per heavy atom. The number of nitrogens with one attached hydrogen (secondary N) is 2. The zero-order valence-corrected chi connectivity index (χ0v) is 13.9. The van der Waals surface area contributed by atoms with Gasteiger partial charge >= 0.3 is 0 Å². The van der Waals surface area contributed by atoms with Gasteiger partial charge in [-0.25, -0.2) is 0 Å². The van der Waals surface area contributed by atoms with Crippen molar-refractivity contribution < 1.29 is 4.79 Å². The first-order valence-electron chi connectivity index (χ1n) is 6.64. The molecule has 0 heterocycles. The highest BCUT2D eigenvalue weighted by molar-refractivity contribution is 7.80. The van der Waals surface area contributed by atoms with Gasteiger partial charge < -0.3 is 10.6 Å². The number of benzene rings is 2. The van der Waals surface area contributed by atoms with Crippen LogP contribution in [0.1, 0.15) is 12.0 Å².